The van der Waals surface area contributed by atoms with Gasteiger partial charge in [0, 0.05) is 36.7 Å². The van der Waals surface area contributed by atoms with Gasteiger partial charge in [0.05, 0.1) is 0 Å². The topological polar surface area (TPSA) is 20.3 Å². The maximum atomic E-state index is 12.1. The molecule has 0 saturated heterocycles. The van der Waals surface area contributed by atoms with Crippen molar-refractivity contribution in [1.29, 1.82) is 0 Å². The van der Waals surface area contributed by atoms with Crippen LogP contribution in [0.15, 0.2) is 23.9 Å². The molecule has 2 bridgehead atoms. The molecule has 2 nitrogen and oxygen atoms in total. The maximum absolute atomic E-state index is 12.1. The zero-order valence-electron chi connectivity index (χ0n) is 10.0. The molecule has 3 aliphatic rings. The van der Waals surface area contributed by atoms with E-state index >= 15 is 0 Å². The van der Waals surface area contributed by atoms with Crippen molar-refractivity contribution in [2.45, 2.75) is 20.3 Å². The van der Waals surface area contributed by atoms with E-state index in [2.05, 4.69) is 30.9 Å². The van der Waals surface area contributed by atoms with Crippen LogP contribution in [0, 0.1) is 23.7 Å². The second kappa shape index (κ2) is 3.47. The summed E-state index contributed by atoms with van der Waals surface area (Å²) in [5.41, 5.74) is 1.32. The molecule has 4 atom stereocenters. The van der Waals surface area contributed by atoms with Gasteiger partial charge >= 0.3 is 0 Å². The van der Waals surface area contributed by atoms with Crippen LogP contribution in [0.4, 0.5) is 0 Å². The summed E-state index contributed by atoms with van der Waals surface area (Å²) < 4.78 is 0. The van der Waals surface area contributed by atoms with Crippen molar-refractivity contribution in [1.82, 2.24) is 4.90 Å². The highest BCUT2D eigenvalue weighted by atomic mass is 16.1. The smallest absolute Gasteiger partial charge is 0.161 e. The lowest BCUT2D eigenvalue weighted by Crippen LogP contribution is -2.30. The number of hydrogen-bond acceptors (Lipinski definition) is 2. The van der Waals surface area contributed by atoms with E-state index in [0.29, 0.717) is 23.5 Å². The normalized spacial score (nSPS) is 39.1. The lowest BCUT2D eigenvalue weighted by atomic mass is 9.83. The number of carbonyl (C=O) groups excluding carboxylic acids is 1. The van der Waals surface area contributed by atoms with E-state index in [4.69, 9.17) is 0 Å². The van der Waals surface area contributed by atoms with Gasteiger partial charge in [-0.05, 0) is 32.1 Å². The van der Waals surface area contributed by atoms with Gasteiger partial charge in [0.1, 0.15) is 0 Å². The molecule has 0 heterocycles. The average molecular weight is 217 g/mol. The van der Waals surface area contributed by atoms with Crippen molar-refractivity contribution in [3.63, 3.8) is 0 Å². The largest absolute Gasteiger partial charge is 0.375 e. The molecule has 0 radical (unpaired) electrons. The molecule has 3 rings (SSSR count). The predicted molar refractivity (Wildman–Crippen MR) is 63.7 cm³/mol. The van der Waals surface area contributed by atoms with Gasteiger partial charge in [-0.2, -0.15) is 0 Å². The van der Waals surface area contributed by atoms with Crippen molar-refractivity contribution in [3.8, 4) is 0 Å². The van der Waals surface area contributed by atoms with E-state index < -0.39 is 0 Å². The number of fused-ring (bicyclic) bond motifs is 5. The molecule has 0 N–H and O–H groups in total. The molecule has 4 unspecified atom stereocenters. The van der Waals surface area contributed by atoms with E-state index in [0.717, 1.165) is 13.1 Å². The van der Waals surface area contributed by atoms with Gasteiger partial charge in [-0.3, -0.25) is 4.79 Å². The number of rotatable bonds is 3. The van der Waals surface area contributed by atoms with Crippen LogP contribution in [0.25, 0.3) is 0 Å². The van der Waals surface area contributed by atoms with E-state index in [1.807, 2.05) is 6.08 Å². The highest BCUT2D eigenvalue weighted by molar-refractivity contribution is 5.96. The molecule has 0 aromatic rings. The van der Waals surface area contributed by atoms with Gasteiger partial charge < -0.3 is 4.90 Å². The monoisotopic (exact) mass is 217 g/mol. The van der Waals surface area contributed by atoms with Crippen LogP contribution >= 0.6 is 0 Å². The first-order chi connectivity index (χ1) is 7.76. The van der Waals surface area contributed by atoms with Crippen LogP contribution in [0.1, 0.15) is 20.3 Å². The predicted octanol–water partition coefficient (Wildman–Crippen LogP) is 2.23. The maximum Gasteiger partial charge on any atom is 0.161 e. The lowest BCUT2D eigenvalue weighted by Gasteiger charge is -2.30. The summed E-state index contributed by atoms with van der Waals surface area (Å²) in [6.45, 7) is 6.37. The van der Waals surface area contributed by atoms with Gasteiger partial charge in [0.25, 0.3) is 0 Å². The SMILES string of the molecule is CCN(CC)C1=CC(=O)C2C3C=CC(C3)C12. The Hall–Kier alpha value is -1.05. The summed E-state index contributed by atoms with van der Waals surface area (Å²) in [6, 6.07) is 0. The van der Waals surface area contributed by atoms with Crippen molar-refractivity contribution in [2.75, 3.05) is 13.1 Å². The summed E-state index contributed by atoms with van der Waals surface area (Å²) in [6.07, 6.45) is 7.73. The molecule has 86 valence electrons. The van der Waals surface area contributed by atoms with Gasteiger partial charge in [-0.15, -0.1) is 0 Å². The molecule has 0 aromatic heterocycles. The molecule has 0 spiro atoms. The van der Waals surface area contributed by atoms with Gasteiger partial charge in [0.2, 0.25) is 0 Å². The summed E-state index contributed by atoms with van der Waals surface area (Å²) >= 11 is 0. The molecule has 2 heteroatoms. The molecule has 0 amide bonds. The molecule has 1 saturated carbocycles. The minimum Gasteiger partial charge on any atom is -0.375 e. The van der Waals surface area contributed by atoms with Crippen LogP contribution in [-0.4, -0.2) is 23.8 Å². The Morgan fingerprint density at radius 3 is 2.44 bits per heavy atom. The first-order valence-corrected chi connectivity index (χ1v) is 6.45. The second-order valence-electron chi connectivity index (χ2n) is 5.14. The Morgan fingerprint density at radius 1 is 1.19 bits per heavy atom. The third kappa shape index (κ3) is 1.16. The average Bonchev–Trinajstić information content (AvgIpc) is 2.94. The summed E-state index contributed by atoms with van der Waals surface area (Å²) in [5.74, 6) is 2.33. The zero-order valence-corrected chi connectivity index (χ0v) is 10.0. The number of hydrogen-bond donors (Lipinski definition) is 0. The molecule has 16 heavy (non-hydrogen) atoms. The quantitative estimate of drug-likeness (QED) is 0.676. The Labute approximate surface area is 97.0 Å². The van der Waals surface area contributed by atoms with E-state index in [1.165, 1.54) is 12.1 Å². The molecule has 3 aliphatic carbocycles. The van der Waals surface area contributed by atoms with Crippen LogP contribution in [-0.2, 0) is 4.79 Å². The van der Waals surface area contributed by atoms with E-state index in [1.54, 1.807) is 0 Å². The molecular weight excluding hydrogens is 198 g/mol. The van der Waals surface area contributed by atoms with E-state index in [-0.39, 0.29) is 5.92 Å². The van der Waals surface area contributed by atoms with Crippen molar-refractivity contribution >= 4 is 5.78 Å². The van der Waals surface area contributed by atoms with Crippen LogP contribution < -0.4 is 0 Å². The van der Waals surface area contributed by atoms with Crippen LogP contribution in [0.2, 0.25) is 0 Å². The Kier molecular flexibility index (Phi) is 2.20. The third-order valence-electron chi connectivity index (χ3n) is 4.55. The Balaban J connectivity index is 1.93. The van der Waals surface area contributed by atoms with Crippen molar-refractivity contribution in [2.24, 2.45) is 23.7 Å². The van der Waals surface area contributed by atoms with Crippen LogP contribution in [0.5, 0.6) is 0 Å². The first-order valence-electron chi connectivity index (χ1n) is 6.45. The summed E-state index contributed by atoms with van der Waals surface area (Å²) in [7, 11) is 0. The number of carbonyl (C=O) groups is 1. The Morgan fingerprint density at radius 2 is 1.81 bits per heavy atom. The van der Waals surface area contributed by atoms with Gasteiger partial charge in [-0.1, -0.05) is 12.2 Å². The van der Waals surface area contributed by atoms with Crippen molar-refractivity contribution < 1.29 is 4.79 Å². The lowest BCUT2D eigenvalue weighted by molar-refractivity contribution is -0.118. The standard InChI is InChI=1S/C14H19NO/c1-3-15(4-2)11-8-12(16)14-10-6-5-9(7-10)13(11)14/h5-6,8-10,13-14H,3-4,7H2,1-2H3. The zero-order chi connectivity index (χ0) is 11.3. The number of ketones is 1. The number of allylic oxidation sites excluding steroid dienone is 4. The molecule has 1 fully saturated rings. The Bertz CT molecular complexity index is 378. The fraction of sp³-hybridized carbons (Fsp3) is 0.643. The fourth-order valence-corrected chi connectivity index (χ4v) is 3.84. The molecular formula is C14H19NO. The summed E-state index contributed by atoms with van der Waals surface area (Å²) in [5, 5.41) is 0. The summed E-state index contributed by atoms with van der Waals surface area (Å²) in [4.78, 5) is 14.4. The minimum atomic E-state index is 0.283. The number of nitrogens with zero attached hydrogens (tertiary/aromatic N) is 1. The fourth-order valence-electron chi connectivity index (χ4n) is 3.84. The van der Waals surface area contributed by atoms with Gasteiger partial charge in [0.15, 0.2) is 5.78 Å². The first kappa shape index (κ1) is 10.1. The highest BCUT2D eigenvalue weighted by Gasteiger charge is 2.52. The van der Waals surface area contributed by atoms with Gasteiger partial charge in [-0.25, -0.2) is 0 Å². The van der Waals surface area contributed by atoms with Crippen LogP contribution in [0.3, 0.4) is 0 Å². The highest BCUT2D eigenvalue weighted by Crippen LogP contribution is 2.54. The van der Waals surface area contributed by atoms with Crippen molar-refractivity contribution in [3.05, 3.63) is 23.9 Å². The third-order valence-corrected chi connectivity index (χ3v) is 4.55. The van der Waals surface area contributed by atoms with E-state index in [9.17, 15) is 4.79 Å². The second-order valence-corrected chi connectivity index (χ2v) is 5.14. The minimum absolute atomic E-state index is 0.283. The molecule has 0 aliphatic heterocycles. The molecule has 0 aromatic carbocycles.